The van der Waals surface area contributed by atoms with E-state index < -0.39 is 0 Å². The second kappa shape index (κ2) is 14.0. The van der Waals surface area contributed by atoms with Gasteiger partial charge in [0.2, 0.25) is 0 Å². The van der Waals surface area contributed by atoms with Gasteiger partial charge in [0.25, 0.3) is 5.91 Å². The molecule has 1 N–H and O–H groups in total. The van der Waals surface area contributed by atoms with Gasteiger partial charge < -0.3 is 14.8 Å². The first-order chi connectivity index (χ1) is 20.0. The number of piperidine rings is 1. The lowest BCUT2D eigenvalue weighted by atomic mass is 9.77. The highest BCUT2D eigenvalue weighted by molar-refractivity contribution is 5.97. The Kier molecular flexibility index (Phi) is 10.4. The van der Waals surface area contributed by atoms with Crippen LogP contribution < -0.4 is 0 Å². The summed E-state index contributed by atoms with van der Waals surface area (Å²) in [5.74, 6) is 2.05. The minimum Gasteiger partial charge on any atom is -0.341 e. The minimum absolute atomic E-state index is 0.133. The van der Waals surface area contributed by atoms with Gasteiger partial charge in [-0.1, -0.05) is 52.3 Å². The number of carbonyl (C=O) groups is 1. The summed E-state index contributed by atoms with van der Waals surface area (Å²) in [5, 5.41) is 9.07. The summed E-state index contributed by atoms with van der Waals surface area (Å²) in [6.45, 7) is 13.5. The zero-order valence-electron chi connectivity index (χ0n) is 25.9. The molecule has 3 aliphatic rings. The molecule has 41 heavy (non-hydrogen) atoms. The molecular formula is C35H47N5O. The number of carbonyl (C=O) groups excluding carboxylic acids is 1. The highest BCUT2D eigenvalue weighted by atomic mass is 16.2. The van der Waals surface area contributed by atoms with Crippen molar-refractivity contribution in [3.8, 4) is 17.5 Å². The van der Waals surface area contributed by atoms with Crippen molar-refractivity contribution in [2.75, 3.05) is 26.7 Å². The fraction of sp³-hybridized carbons (Fsp3) is 0.514. The van der Waals surface area contributed by atoms with Crippen molar-refractivity contribution in [3.63, 3.8) is 0 Å². The first-order valence-electron chi connectivity index (χ1n) is 15.7. The Morgan fingerprint density at radius 2 is 1.66 bits per heavy atom. The molecule has 2 aromatic carbocycles. The van der Waals surface area contributed by atoms with Crippen molar-refractivity contribution in [2.24, 2.45) is 0 Å². The van der Waals surface area contributed by atoms with E-state index in [9.17, 15) is 4.79 Å². The molecule has 0 spiro atoms. The Balaban J connectivity index is 0.000000929. The van der Waals surface area contributed by atoms with E-state index >= 15 is 0 Å². The molecule has 6 heteroatoms. The zero-order valence-corrected chi connectivity index (χ0v) is 25.9. The van der Waals surface area contributed by atoms with Crippen molar-refractivity contribution >= 4 is 5.91 Å². The van der Waals surface area contributed by atoms with E-state index in [1.165, 1.54) is 41.8 Å². The Labute approximate surface area is 246 Å². The number of hydrogen-bond acceptors (Lipinski definition) is 4. The summed E-state index contributed by atoms with van der Waals surface area (Å²) in [5.41, 5.74) is 8.68. The quantitative estimate of drug-likeness (QED) is 0.361. The molecule has 218 valence electrons. The molecule has 0 unspecified atom stereocenters. The molecule has 0 radical (unpaired) electrons. The molecule has 1 amide bonds. The van der Waals surface area contributed by atoms with E-state index in [2.05, 4.69) is 54.2 Å². The SMILES string of the molecule is CC.CC.Cc1cc(C2CCC2)c(-c2nc3c([nH]2)CN(C)CC3)cc1C(=O)N1CCC(c2ccc(C#N)cc2)CC1. The predicted molar refractivity (Wildman–Crippen MR) is 167 cm³/mol. The van der Waals surface area contributed by atoms with Crippen molar-refractivity contribution in [1.29, 1.82) is 5.26 Å². The largest absolute Gasteiger partial charge is 0.341 e. The Morgan fingerprint density at radius 3 is 2.27 bits per heavy atom. The van der Waals surface area contributed by atoms with E-state index in [0.717, 1.165) is 68.0 Å². The molecule has 6 nitrogen and oxygen atoms in total. The number of aryl methyl sites for hydroxylation is 1. The maximum Gasteiger partial charge on any atom is 0.254 e. The van der Waals surface area contributed by atoms with Gasteiger partial charge in [-0.25, -0.2) is 4.98 Å². The van der Waals surface area contributed by atoms with E-state index in [-0.39, 0.29) is 5.91 Å². The molecule has 3 aromatic rings. The highest BCUT2D eigenvalue weighted by Crippen LogP contribution is 2.42. The van der Waals surface area contributed by atoms with E-state index in [4.69, 9.17) is 10.2 Å². The average molecular weight is 554 g/mol. The first kappa shape index (κ1) is 30.5. The summed E-state index contributed by atoms with van der Waals surface area (Å²) in [7, 11) is 2.15. The normalized spacial score (nSPS) is 17.2. The van der Waals surface area contributed by atoms with Crippen LogP contribution in [0.4, 0.5) is 0 Å². The van der Waals surface area contributed by atoms with Gasteiger partial charge in [-0.2, -0.15) is 5.26 Å². The molecule has 1 aromatic heterocycles. The van der Waals surface area contributed by atoms with Crippen LogP contribution in [0, 0.1) is 18.3 Å². The number of nitrogens with one attached hydrogen (secondary N) is 1. The number of imidazole rings is 1. The number of rotatable bonds is 4. The number of likely N-dealkylation sites (N-methyl/N-ethyl adjacent to an activating group) is 1. The lowest BCUT2D eigenvalue weighted by Crippen LogP contribution is -2.38. The standard InChI is InChI=1S/C31H35N5O.2C2H6/c1-20-16-26(24-4-3-5-24)27(30-33-28-12-13-35(2)19-29(28)34-30)17-25(20)31(37)36-14-10-23(11-15-36)22-8-6-21(18-32)7-9-22;2*1-2/h6-9,16-17,23-24H,3-5,10-15,19H2,1-2H3,(H,33,34);2*1-2H3. The fourth-order valence-electron chi connectivity index (χ4n) is 6.20. The predicted octanol–water partition coefficient (Wildman–Crippen LogP) is 7.58. The van der Waals surface area contributed by atoms with E-state index in [0.29, 0.717) is 17.4 Å². The van der Waals surface area contributed by atoms with Crippen LogP contribution in [0.15, 0.2) is 36.4 Å². The number of hydrogen-bond donors (Lipinski definition) is 1. The molecule has 0 atom stereocenters. The van der Waals surface area contributed by atoms with Gasteiger partial charge in [-0.15, -0.1) is 0 Å². The second-order valence-electron chi connectivity index (χ2n) is 11.2. The number of aromatic amines is 1. The van der Waals surface area contributed by atoms with Gasteiger partial charge in [-0.05, 0) is 86.4 Å². The Morgan fingerprint density at radius 1 is 0.976 bits per heavy atom. The number of aromatic nitrogens is 2. The second-order valence-corrected chi connectivity index (χ2v) is 11.2. The molecule has 1 saturated heterocycles. The zero-order chi connectivity index (χ0) is 29.5. The maximum absolute atomic E-state index is 13.8. The number of likely N-dealkylation sites (tertiary alicyclic amines) is 1. The Hall–Kier alpha value is -3.43. The van der Waals surface area contributed by atoms with Gasteiger partial charge >= 0.3 is 0 Å². The molecule has 3 heterocycles. The summed E-state index contributed by atoms with van der Waals surface area (Å²) >= 11 is 0. The van der Waals surface area contributed by atoms with Gasteiger partial charge in [0.05, 0.1) is 23.0 Å². The van der Waals surface area contributed by atoms with Crippen LogP contribution in [-0.2, 0) is 13.0 Å². The van der Waals surface area contributed by atoms with Crippen LogP contribution in [0.25, 0.3) is 11.4 Å². The first-order valence-corrected chi connectivity index (χ1v) is 15.7. The van der Waals surface area contributed by atoms with Crippen molar-refractivity contribution in [2.45, 2.75) is 91.5 Å². The Bertz CT molecular complexity index is 1350. The molecule has 6 rings (SSSR count). The smallest absolute Gasteiger partial charge is 0.254 e. The van der Waals surface area contributed by atoms with Crippen molar-refractivity contribution in [3.05, 3.63) is 75.6 Å². The van der Waals surface area contributed by atoms with Crippen LogP contribution in [0.1, 0.15) is 116 Å². The van der Waals surface area contributed by atoms with Crippen molar-refractivity contribution < 1.29 is 4.79 Å². The van der Waals surface area contributed by atoms with Gasteiger partial charge in [0, 0.05) is 43.7 Å². The lowest BCUT2D eigenvalue weighted by Gasteiger charge is -2.33. The van der Waals surface area contributed by atoms with Crippen LogP contribution >= 0.6 is 0 Å². The van der Waals surface area contributed by atoms with Crippen LogP contribution in [0.2, 0.25) is 0 Å². The molecule has 2 fully saturated rings. The molecule has 1 saturated carbocycles. The summed E-state index contributed by atoms with van der Waals surface area (Å²) < 4.78 is 0. The number of fused-ring (bicyclic) bond motifs is 1. The van der Waals surface area contributed by atoms with Crippen LogP contribution in [0.3, 0.4) is 0 Å². The third-order valence-electron chi connectivity index (χ3n) is 8.74. The molecule has 2 aliphatic heterocycles. The van der Waals surface area contributed by atoms with Crippen molar-refractivity contribution in [1.82, 2.24) is 19.8 Å². The van der Waals surface area contributed by atoms with Crippen LogP contribution in [0.5, 0.6) is 0 Å². The fourth-order valence-corrected chi connectivity index (χ4v) is 6.20. The van der Waals surface area contributed by atoms with Crippen LogP contribution in [-0.4, -0.2) is 52.4 Å². The highest BCUT2D eigenvalue weighted by Gasteiger charge is 2.30. The third kappa shape index (κ3) is 6.57. The third-order valence-corrected chi connectivity index (χ3v) is 8.74. The number of H-pyrrole nitrogens is 1. The summed E-state index contributed by atoms with van der Waals surface area (Å²) in [4.78, 5) is 26.8. The number of amides is 1. The molecule has 0 bridgehead atoms. The average Bonchev–Trinajstić information content (AvgIpc) is 3.41. The lowest BCUT2D eigenvalue weighted by molar-refractivity contribution is 0.0712. The van der Waals surface area contributed by atoms with E-state index in [1.54, 1.807) is 0 Å². The van der Waals surface area contributed by atoms with E-state index in [1.807, 2.05) is 44.7 Å². The summed E-state index contributed by atoms with van der Waals surface area (Å²) in [6.07, 6.45) is 6.56. The van der Waals surface area contributed by atoms with Gasteiger partial charge in [0.15, 0.2) is 0 Å². The maximum atomic E-state index is 13.8. The minimum atomic E-state index is 0.133. The van der Waals surface area contributed by atoms with Gasteiger partial charge in [-0.3, -0.25) is 4.79 Å². The molecular weight excluding hydrogens is 506 g/mol. The summed E-state index contributed by atoms with van der Waals surface area (Å²) in [6, 6.07) is 14.5. The molecule has 1 aliphatic carbocycles. The monoisotopic (exact) mass is 553 g/mol. The number of nitrogens with zero attached hydrogens (tertiary/aromatic N) is 4. The topological polar surface area (TPSA) is 76.0 Å². The number of nitriles is 1. The van der Waals surface area contributed by atoms with Gasteiger partial charge in [0.1, 0.15) is 5.82 Å². The number of benzene rings is 2.